The van der Waals surface area contributed by atoms with Gasteiger partial charge in [-0.3, -0.25) is 0 Å². The summed E-state index contributed by atoms with van der Waals surface area (Å²) in [4.78, 5) is 8.18. The summed E-state index contributed by atoms with van der Waals surface area (Å²) < 4.78 is 5.43. The van der Waals surface area contributed by atoms with Gasteiger partial charge in [-0.15, -0.1) is 11.3 Å². The van der Waals surface area contributed by atoms with Crippen LogP contribution in [0.1, 0.15) is 18.6 Å². The van der Waals surface area contributed by atoms with Crippen molar-refractivity contribution in [1.82, 2.24) is 9.97 Å². The van der Waals surface area contributed by atoms with Crippen molar-refractivity contribution < 1.29 is 4.42 Å². The SMILES string of the molecule is CCc1cnc(CNc2nc(Cl)cs2)o1. The first-order chi connectivity index (χ1) is 7.28. The number of thiazole rings is 1. The molecule has 15 heavy (non-hydrogen) atoms. The van der Waals surface area contributed by atoms with E-state index >= 15 is 0 Å². The first-order valence-electron chi connectivity index (χ1n) is 4.56. The summed E-state index contributed by atoms with van der Waals surface area (Å²) >= 11 is 7.15. The maximum atomic E-state index is 5.69. The van der Waals surface area contributed by atoms with Crippen LogP contribution in [-0.4, -0.2) is 9.97 Å². The Morgan fingerprint density at radius 1 is 1.60 bits per heavy atom. The van der Waals surface area contributed by atoms with Gasteiger partial charge in [0.15, 0.2) is 5.13 Å². The van der Waals surface area contributed by atoms with Crippen molar-refractivity contribution in [3.05, 3.63) is 28.4 Å². The van der Waals surface area contributed by atoms with Crippen LogP contribution in [0.2, 0.25) is 5.15 Å². The van der Waals surface area contributed by atoms with E-state index in [-0.39, 0.29) is 0 Å². The highest BCUT2D eigenvalue weighted by atomic mass is 35.5. The molecule has 4 nitrogen and oxygen atoms in total. The van der Waals surface area contributed by atoms with Crippen LogP contribution >= 0.6 is 22.9 Å². The molecule has 0 amide bonds. The molecule has 2 rings (SSSR count). The molecule has 0 fully saturated rings. The average Bonchev–Trinajstić information content (AvgIpc) is 2.83. The number of nitrogens with zero attached hydrogens (tertiary/aromatic N) is 2. The van der Waals surface area contributed by atoms with Crippen molar-refractivity contribution in [2.24, 2.45) is 0 Å². The number of halogens is 1. The van der Waals surface area contributed by atoms with Crippen LogP contribution < -0.4 is 5.32 Å². The molecule has 0 aliphatic rings. The molecule has 2 aromatic rings. The van der Waals surface area contributed by atoms with E-state index < -0.39 is 0 Å². The van der Waals surface area contributed by atoms with Gasteiger partial charge in [0.2, 0.25) is 5.89 Å². The van der Waals surface area contributed by atoms with Crippen LogP contribution in [0.25, 0.3) is 0 Å². The molecule has 0 radical (unpaired) electrons. The predicted octanol–water partition coefficient (Wildman–Crippen LogP) is 2.96. The third-order valence-electron chi connectivity index (χ3n) is 1.82. The second kappa shape index (κ2) is 4.63. The number of hydrogen-bond acceptors (Lipinski definition) is 5. The van der Waals surface area contributed by atoms with Gasteiger partial charge < -0.3 is 9.73 Å². The average molecular weight is 244 g/mol. The second-order valence-corrected chi connectivity index (χ2v) is 4.15. The smallest absolute Gasteiger partial charge is 0.213 e. The summed E-state index contributed by atoms with van der Waals surface area (Å²) in [5, 5.41) is 6.14. The fourth-order valence-electron chi connectivity index (χ4n) is 1.08. The third kappa shape index (κ3) is 2.70. The Balaban J connectivity index is 1.93. The number of aryl methyl sites for hydroxylation is 1. The first kappa shape index (κ1) is 10.4. The molecule has 0 unspecified atom stereocenters. The quantitative estimate of drug-likeness (QED) is 0.897. The Morgan fingerprint density at radius 2 is 2.47 bits per heavy atom. The first-order valence-corrected chi connectivity index (χ1v) is 5.82. The molecule has 0 aromatic carbocycles. The molecule has 0 atom stereocenters. The van der Waals surface area contributed by atoms with Crippen LogP contribution in [0.5, 0.6) is 0 Å². The molecule has 80 valence electrons. The minimum absolute atomic E-state index is 0.504. The van der Waals surface area contributed by atoms with E-state index in [1.165, 1.54) is 11.3 Å². The fourth-order valence-corrected chi connectivity index (χ4v) is 1.92. The van der Waals surface area contributed by atoms with Crippen molar-refractivity contribution in [1.29, 1.82) is 0 Å². The summed E-state index contributed by atoms with van der Waals surface area (Å²) in [6.45, 7) is 2.56. The van der Waals surface area contributed by atoms with Gasteiger partial charge in [0.05, 0.1) is 12.7 Å². The standard InChI is InChI=1S/C9H10ClN3OS/c1-2-6-3-11-8(14-6)4-12-9-13-7(10)5-15-9/h3,5H,2,4H2,1H3,(H,12,13). The zero-order valence-electron chi connectivity index (χ0n) is 8.16. The van der Waals surface area contributed by atoms with E-state index in [2.05, 4.69) is 15.3 Å². The van der Waals surface area contributed by atoms with Crippen LogP contribution in [0, 0.1) is 0 Å². The lowest BCUT2D eigenvalue weighted by Crippen LogP contribution is -1.98. The number of nitrogens with one attached hydrogen (secondary N) is 1. The molecule has 2 heterocycles. The lowest BCUT2D eigenvalue weighted by atomic mass is 10.4. The topological polar surface area (TPSA) is 51.0 Å². The van der Waals surface area contributed by atoms with Gasteiger partial charge in [-0.2, -0.15) is 0 Å². The summed E-state index contributed by atoms with van der Waals surface area (Å²) in [5.74, 6) is 1.56. The number of anilines is 1. The van der Waals surface area contributed by atoms with Crippen molar-refractivity contribution in [3.8, 4) is 0 Å². The van der Waals surface area contributed by atoms with E-state index in [1.54, 1.807) is 11.6 Å². The molecule has 1 N–H and O–H groups in total. The Kier molecular flexibility index (Phi) is 3.23. The van der Waals surface area contributed by atoms with Gasteiger partial charge in [0, 0.05) is 11.8 Å². The second-order valence-electron chi connectivity index (χ2n) is 2.90. The predicted molar refractivity (Wildman–Crippen MR) is 60.3 cm³/mol. The largest absolute Gasteiger partial charge is 0.444 e. The molecule has 0 saturated carbocycles. The number of rotatable bonds is 4. The molecule has 0 aliphatic carbocycles. The highest BCUT2D eigenvalue weighted by Gasteiger charge is 2.03. The van der Waals surface area contributed by atoms with Crippen LogP contribution in [0.3, 0.4) is 0 Å². The molecule has 0 spiro atoms. The minimum Gasteiger partial charge on any atom is -0.444 e. The zero-order chi connectivity index (χ0) is 10.7. The molecule has 0 saturated heterocycles. The van der Waals surface area contributed by atoms with Crippen molar-refractivity contribution in [2.75, 3.05) is 5.32 Å². The van der Waals surface area contributed by atoms with E-state index in [0.717, 1.165) is 17.3 Å². The highest BCUT2D eigenvalue weighted by Crippen LogP contribution is 2.19. The molecular weight excluding hydrogens is 234 g/mol. The van der Waals surface area contributed by atoms with E-state index in [0.29, 0.717) is 17.6 Å². The zero-order valence-corrected chi connectivity index (χ0v) is 9.73. The molecular formula is C9H10ClN3OS. The fraction of sp³-hybridized carbons (Fsp3) is 0.333. The molecule has 2 aromatic heterocycles. The van der Waals surface area contributed by atoms with Crippen molar-refractivity contribution >= 4 is 28.1 Å². The van der Waals surface area contributed by atoms with Gasteiger partial charge in [0.25, 0.3) is 0 Å². The number of oxazole rings is 1. The lowest BCUT2D eigenvalue weighted by molar-refractivity contribution is 0.466. The normalized spacial score (nSPS) is 10.5. The highest BCUT2D eigenvalue weighted by molar-refractivity contribution is 7.14. The molecule has 0 bridgehead atoms. The van der Waals surface area contributed by atoms with Crippen molar-refractivity contribution in [2.45, 2.75) is 19.9 Å². The third-order valence-corrected chi connectivity index (χ3v) is 2.94. The van der Waals surface area contributed by atoms with Crippen LogP contribution in [-0.2, 0) is 13.0 Å². The molecule has 6 heteroatoms. The number of aromatic nitrogens is 2. The van der Waals surface area contributed by atoms with Gasteiger partial charge in [-0.05, 0) is 0 Å². The van der Waals surface area contributed by atoms with Gasteiger partial charge >= 0.3 is 0 Å². The summed E-state index contributed by atoms with van der Waals surface area (Å²) in [6, 6.07) is 0. The summed E-state index contributed by atoms with van der Waals surface area (Å²) in [5.41, 5.74) is 0. The van der Waals surface area contributed by atoms with E-state index in [1.807, 2.05) is 6.92 Å². The van der Waals surface area contributed by atoms with Gasteiger partial charge in [0.1, 0.15) is 10.9 Å². The minimum atomic E-state index is 0.504. The lowest BCUT2D eigenvalue weighted by Gasteiger charge is -1.97. The maximum absolute atomic E-state index is 5.69. The number of hydrogen-bond donors (Lipinski definition) is 1. The Labute approximate surface area is 96.3 Å². The summed E-state index contributed by atoms with van der Waals surface area (Å²) in [6.07, 6.45) is 2.60. The van der Waals surface area contributed by atoms with Gasteiger partial charge in [-0.1, -0.05) is 18.5 Å². The monoisotopic (exact) mass is 243 g/mol. The Bertz CT molecular complexity index is 440. The van der Waals surface area contributed by atoms with Gasteiger partial charge in [-0.25, -0.2) is 9.97 Å². The molecule has 0 aliphatic heterocycles. The Morgan fingerprint density at radius 3 is 3.07 bits per heavy atom. The van der Waals surface area contributed by atoms with Crippen LogP contribution in [0.15, 0.2) is 16.0 Å². The summed E-state index contributed by atoms with van der Waals surface area (Å²) in [7, 11) is 0. The van der Waals surface area contributed by atoms with Crippen LogP contribution in [0.4, 0.5) is 5.13 Å². The maximum Gasteiger partial charge on any atom is 0.213 e. The Hall–Kier alpha value is -1.07. The van der Waals surface area contributed by atoms with E-state index in [9.17, 15) is 0 Å². The van der Waals surface area contributed by atoms with E-state index in [4.69, 9.17) is 16.0 Å². The van der Waals surface area contributed by atoms with Crippen molar-refractivity contribution in [3.63, 3.8) is 0 Å².